The first-order chi connectivity index (χ1) is 11.8. The van der Waals surface area contributed by atoms with Crippen molar-refractivity contribution in [3.05, 3.63) is 65.4 Å². The molecular formula is C19H19N3O2. The molecule has 3 aromatic heterocycles. The highest BCUT2D eigenvalue weighted by Crippen LogP contribution is 2.29. The minimum absolute atomic E-state index is 0.0852. The van der Waals surface area contributed by atoms with Gasteiger partial charge in [0.05, 0.1) is 30.3 Å². The maximum atomic E-state index is 9.60. The lowest BCUT2D eigenvalue weighted by molar-refractivity contribution is -0.0205. The molecule has 0 amide bonds. The molecule has 0 spiro atoms. The second-order valence-electron chi connectivity index (χ2n) is 6.14. The fraction of sp³-hybridized carbons (Fsp3) is 0.316. The van der Waals surface area contributed by atoms with Crippen molar-refractivity contribution in [2.24, 2.45) is 0 Å². The Morgan fingerprint density at radius 2 is 2.21 bits per heavy atom. The maximum absolute atomic E-state index is 9.60. The number of nitrogens with zero attached hydrogens (tertiary/aromatic N) is 3. The third-order valence-corrected chi connectivity index (χ3v) is 4.58. The molecular weight excluding hydrogens is 302 g/mol. The summed E-state index contributed by atoms with van der Waals surface area (Å²) in [6.45, 7) is 4.79. The zero-order valence-corrected chi connectivity index (χ0v) is 13.6. The van der Waals surface area contributed by atoms with Crippen LogP contribution in [0.4, 0.5) is 0 Å². The monoisotopic (exact) mass is 321 g/mol. The van der Waals surface area contributed by atoms with Crippen molar-refractivity contribution in [2.45, 2.75) is 19.5 Å². The summed E-state index contributed by atoms with van der Waals surface area (Å²) in [6, 6.07) is 12.4. The third kappa shape index (κ3) is 2.60. The van der Waals surface area contributed by atoms with E-state index >= 15 is 0 Å². The zero-order chi connectivity index (χ0) is 16.5. The van der Waals surface area contributed by atoms with E-state index in [1.807, 2.05) is 54.0 Å². The summed E-state index contributed by atoms with van der Waals surface area (Å²) in [6.07, 6.45) is 4.03. The SMILES string of the molecule is Cc1ccc(C2COCCN2Cc2cn3ccccc3c2C#N)o1. The van der Waals surface area contributed by atoms with Crippen molar-refractivity contribution in [2.75, 3.05) is 19.8 Å². The molecule has 0 aliphatic carbocycles. The molecule has 4 heterocycles. The normalized spacial score (nSPS) is 18.8. The number of rotatable bonds is 3. The van der Waals surface area contributed by atoms with E-state index in [0.29, 0.717) is 19.8 Å². The summed E-state index contributed by atoms with van der Waals surface area (Å²) in [7, 11) is 0. The number of nitriles is 1. The quantitative estimate of drug-likeness (QED) is 0.743. The molecule has 0 N–H and O–H groups in total. The first kappa shape index (κ1) is 15.0. The predicted octanol–water partition coefficient (Wildman–Crippen LogP) is 3.29. The Morgan fingerprint density at radius 1 is 1.29 bits per heavy atom. The topological polar surface area (TPSA) is 53.8 Å². The molecule has 0 saturated carbocycles. The Labute approximate surface area is 140 Å². The number of morpholine rings is 1. The molecule has 1 fully saturated rings. The number of furan rings is 1. The van der Waals surface area contributed by atoms with E-state index in [1.54, 1.807) is 0 Å². The largest absolute Gasteiger partial charge is 0.465 e. The van der Waals surface area contributed by atoms with Crippen molar-refractivity contribution < 1.29 is 9.15 Å². The number of aryl methyl sites for hydroxylation is 1. The van der Waals surface area contributed by atoms with E-state index in [1.165, 1.54) is 0 Å². The first-order valence-corrected chi connectivity index (χ1v) is 8.13. The molecule has 0 bridgehead atoms. The fourth-order valence-corrected chi connectivity index (χ4v) is 3.37. The van der Waals surface area contributed by atoms with E-state index in [0.717, 1.165) is 34.7 Å². The van der Waals surface area contributed by atoms with Crippen LogP contribution in [0, 0.1) is 18.3 Å². The molecule has 1 unspecified atom stereocenters. The van der Waals surface area contributed by atoms with Gasteiger partial charge in [0, 0.05) is 31.0 Å². The summed E-state index contributed by atoms with van der Waals surface area (Å²) in [5, 5.41) is 9.60. The molecule has 122 valence electrons. The van der Waals surface area contributed by atoms with Gasteiger partial charge in [-0.15, -0.1) is 0 Å². The van der Waals surface area contributed by atoms with Gasteiger partial charge in [-0.3, -0.25) is 4.90 Å². The Morgan fingerprint density at radius 3 is 3.00 bits per heavy atom. The number of aromatic nitrogens is 1. The Kier molecular flexibility index (Phi) is 3.85. The maximum Gasteiger partial charge on any atom is 0.123 e. The van der Waals surface area contributed by atoms with Crippen LogP contribution in [0.3, 0.4) is 0 Å². The van der Waals surface area contributed by atoms with Crippen LogP contribution in [0.5, 0.6) is 0 Å². The Bertz CT molecular complexity index is 903. The smallest absolute Gasteiger partial charge is 0.123 e. The van der Waals surface area contributed by atoms with Gasteiger partial charge in [0.1, 0.15) is 17.6 Å². The van der Waals surface area contributed by atoms with Gasteiger partial charge >= 0.3 is 0 Å². The van der Waals surface area contributed by atoms with E-state index < -0.39 is 0 Å². The van der Waals surface area contributed by atoms with Gasteiger partial charge in [0.25, 0.3) is 0 Å². The van der Waals surface area contributed by atoms with Crippen LogP contribution in [0.15, 0.2) is 47.1 Å². The van der Waals surface area contributed by atoms with Crippen LogP contribution < -0.4 is 0 Å². The number of pyridine rings is 1. The van der Waals surface area contributed by atoms with Gasteiger partial charge in [0.15, 0.2) is 0 Å². The van der Waals surface area contributed by atoms with Crippen molar-refractivity contribution in [1.29, 1.82) is 5.26 Å². The van der Waals surface area contributed by atoms with Crippen molar-refractivity contribution in [3.8, 4) is 6.07 Å². The molecule has 0 radical (unpaired) electrons. The summed E-state index contributed by atoms with van der Waals surface area (Å²) in [4.78, 5) is 2.33. The van der Waals surface area contributed by atoms with Crippen molar-refractivity contribution in [1.82, 2.24) is 9.30 Å². The van der Waals surface area contributed by atoms with Gasteiger partial charge in [-0.05, 0) is 31.2 Å². The van der Waals surface area contributed by atoms with E-state index in [-0.39, 0.29) is 6.04 Å². The lowest BCUT2D eigenvalue weighted by atomic mass is 10.1. The summed E-state index contributed by atoms with van der Waals surface area (Å²) < 4.78 is 13.5. The molecule has 3 aromatic rings. The number of hydrogen-bond acceptors (Lipinski definition) is 4. The van der Waals surface area contributed by atoms with Crippen LogP contribution in [0.25, 0.3) is 5.52 Å². The predicted molar refractivity (Wildman–Crippen MR) is 89.5 cm³/mol. The average Bonchev–Trinajstić information content (AvgIpc) is 3.18. The number of ether oxygens (including phenoxy) is 1. The van der Waals surface area contributed by atoms with Gasteiger partial charge in [-0.1, -0.05) is 6.07 Å². The second-order valence-corrected chi connectivity index (χ2v) is 6.14. The summed E-state index contributed by atoms with van der Waals surface area (Å²) in [5.74, 6) is 1.83. The number of fused-ring (bicyclic) bond motifs is 1. The fourth-order valence-electron chi connectivity index (χ4n) is 3.37. The number of hydrogen-bond donors (Lipinski definition) is 0. The first-order valence-electron chi connectivity index (χ1n) is 8.13. The Balaban J connectivity index is 1.67. The molecule has 4 rings (SSSR count). The molecule has 5 heteroatoms. The summed E-state index contributed by atoms with van der Waals surface area (Å²) >= 11 is 0. The molecule has 24 heavy (non-hydrogen) atoms. The van der Waals surface area contributed by atoms with E-state index in [4.69, 9.17) is 9.15 Å². The third-order valence-electron chi connectivity index (χ3n) is 4.58. The van der Waals surface area contributed by atoms with Crippen LogP contribution in [-0.4, -0.2) is 29.1 Å². The lowest BCUT2D eigenvalue weighted by Crippen LogP contribution is -2.38. The minimum atomic E-state index is 0.0852. The molecule has 1 saturated heterocycles. The minimum Gasteiger partial charge on any atom is -0.465 e. The highest BCUT2D eigenvalue weighted by atomic mass is 16.5. The van der Waals surface area contributed by atoms with Crippen LogP contribution >= 0.6 is 0 Å². The second kappa shape index (κ2) is 6.16. The van der Waals surface area contributed by atoms with E-state index in [2.05, 4.69) is 11.0 Å². The van der Waals surface area contributed by atoms with Gasteiger partial charge < -0.3 is 13.6 Å². The molecule has 1 aliphatic rings. The van der Waals surface area contributed by atoms with Crippen LogP contribution in [0.1, 0.15) is 28.7 Å². The van der Waals surface area contributed by atoms with E-state index in [9.17, 15) is 5.26 Å². The van der Waals surface area contributed by atoms with Crippen LogP contribution in [0.2, 0.25) is 0 Å². The molecule has 5 nitrogen and oxygen atoms in total. The molecule has 0 aromatic carbocycles. The standard InChI is InChI=1S/C19H19N3O2/c1-14-5-6-19(24-14)18-13-23-9-8-22(18)12-15-11-21-7-3-2-4-17(21)16(15)10-20/h2-7,11,18H,8-9,12-13H2,1H3. The van der Waals surface area contributed by atoms with Crippen molar-refractivity contribution >= 4 is 5.52 Å². The molecule has 1 aliphatic heterocycles. The van der Waals surface area contributed by atoms with Gasteiger partial charge in [-0.25, -0.2) is 0 Å². The average molecular weight is 321 g/mol. The summed E-state index contributed by atoms with van der Waals surface area (Å²) in [5.41, 5.74) is 2.74. The van der Waals surface area contributed by atoms with Gasteiger partial charge in [-0.2, -0.15) is 5.26 Å². The van der Waals surface area contributed by atoms with Crippen LogP contribution in [-0.2, 0) is 11.3 Å². The van der Waals surface area contributed by atoms with Crippen molar-refractivity contribution in [3.63, 3.8) is 0 Å². The highest BCUT2D eigenvalue weighted by Gasteiger charge is 2.28. The van der Waals surface area contributed by atoms with Gasteiger partial charge in [0.2, 0.25) is 0 Å². The lowest BCUT2D eigenvalue weighted by Gasteiger charge is -2.34. The Hall–Kier alpha value is -2.55. The molecule has 1 atom stereocenters. The zero-order valence-electron chi connectivity index (χ0n) is 13.6. The highest BCUT2D eigenvalue weighted by molar-refractivity contribution is 5.65.